The highest BCUT2D eigenvalue weighted by Crippen LogP contribution is 2.13. The Bertz CT molecular complexity index is 479. The Morgan fingerprint density at radius 2 is 1.81 bits per heavy atom. The van der Waals surface area contributed by atoms with Gasteiger partial charge in [0, 0.05) is 5.92 Å². The van der Waals surface area contributed by atoms with Gasteiger partial charge in [0.2, 0.25) is 0 Å². The van der Waals surface area contributed by atoms with Crippen molar-refractivity contribution < 1.29 is 14.6 Å². The second-order valence-electron chi connectivity index (χ2n) is 6.30. The average molecular weight is 306 g/mol. The van der Waals surface area contributed by atoms with E-state index >= 15 is 0 Å². The number of hydrogen-bond acceptors (Lipinski definition) is 3. The molecule has 3 nitrogen and oxygen atoms in total. The molecule has 116 valence electrons. The fourth-order valence-corrected chi connectivity index (χ4v) is 2.19. The Hall–Kier alpha value is -1.28. The number of rotatable bonds is 6. The fourth-order valence-electron chi connectivity index (χ4n) is 1.61. The van der Waals surface area contributed by atoms with Gasteiger partial charge in [-0.15, -0.1) is 5.54 Å². The first-order valence-electron chi connectivity index (χ1n) is 7.23. The summed E-state index contributed by atoms with van der Waals surface area (Å²) in [6.07, 6.45) is -0.618. The van der Waals surface area contributed by atoms with E-state index in [1.54, 1.807) is 7.11 Å². The second kappa shape index (κ2) is 8.23. The van der Waals surface area contributed by atoms with E-state index in [-0.39, 0.29) is 5.92 Å². The topological polar surface area (TPSA) is 38.7 Å². The minimum absolute atomic E-state index is 0.00657. The van der Waals surface area contributed by atoms with Gasteiger partial charge in [-0.1, -0.05) is 44.6 Å². The lowest BCUT2D eigenvalue weighted by atomic mass is 10.1. The van der Waals surface area contributed by atoms with Crippen molar-refractivity contribution in [3.05, 3.63) is 29.8 Å². The quantitative estimate of drug-likeness (QED) is 0.648. The van der Waals surface area contributed by atoms with Crippen molar-refractivity contribution in [1.29, 1.82) is 0 Å². The fraction of sp³-hybridized carbons (Fsp3) is 0.529. The van der Waals surface area contributed by atoms with Crippen LogP contribution in [0.5, 0.6) is 5.75 Å². The standard InChI is InChI=1S/C17H26O3Si/c1-14(17(18)10-11-21(3,4)5)12-20-13-15-6-8-16(19-2)9-7-15/h6-9,14,17-18H,12-13H2,1-5H3/t14-,17+/m0/s1. The van der Waals surface area contributed by atoms with Crippen molar-refractivity contribution in [3.63, 3.8) is 0 Å². The molecule has 0 saturated carbocycles. The first kappa shape index (κ1) is 17.8. The molecule has 0 unspecified atom stereocenters. The van der Waals surface area contributed by atoms with E-state index in [0.717, 1.165) is 11.3 Å². The molecular formula is C17H26O3Si. The number of benzene rings is 1. The molecule has 1 aromatic carbocycles. The SMILES string of the molecule is COc1ccc(COC[C@H](C)[C@H](O)C#C[Si](C)(C)C)cc1. The zero-order chi connectivity index (χ0) is 15.9. The van der Waals surface area contributed by atoms with Gasteiger partial charge >= 0.3 is 0 Å². The van der Waals surface area contributed by atoms with E-state index in [1.807, 2.05) is 31.2 Å². The molecule has 0 heterocycles. The molecule has 0 saturated heterocycles. The highest BCUT2D eigenvalue weighted by atomic mass is 28.3. The minimum atomic E-state index is -1.43. The first-order chi connectivity index (χ1) is 9.81. The first-order valence-corrected chi connectivity index (χ1v) is 10.7. The third kappa shape index (κ3) is 7.33. The van der Waals surface area contributed by atoms with Gasteiger partial charge in [-0.05, 0) is 17.7 Å². The highest BCUT2D eigenvalue weighted by molar-refractivity contribution is 6.83. The molecule has 0 bridgehead atoms. The smallest absolute Gasteiger partial charge is 0.129 e. The van der Waals surface area contributed by atoms with E-state index < -0.39 is 14.2 Å². The summed E-state index contributed by atoms with van der Waals surface area (Å²) in [4.78, 5) is 0. The van der Waals surface area contributed by atoms with Gasteiger partial charge < -0.3 is 14.6 Å². The Kier molecular flexibility index (Phi) is 6.96. The number of aliphatic hydroxyl groups is 1. The van der Waals surface area contributed by atoms with Crippen LogP contribution < -0.4 is 4.74 Å². The molecular weight excluding hydrogens is 280 g/mol. The lowest BCUT2D eigenvalue weighted by molar-refractivity contribution is 0.0503. The van der Waals surface area contributed by atoms with Gasteiger partial charge in [0.1, 0.15) is 19.9 Å². The maximum Gasteiger partial charge on any atom is 0.129 e. The van der Waals surface area contributed by atoms with Crippen LogP contribution >= 0.6 is 0 Å². The van der Waals surface area contributed by atoms with Crippen LogP contribution in [0.1, 0.15) is 12.5 Å². The summed E-state index contributed by atoms with van der Waals surface area (Å²) in [5, 5.41) is 10.00. The van der Waals surface area contributed by atoms with Crippen molar-refractivity contribution in [1.82, 2.24) is 0 Å². The molecule has 0 radical (unpaired) electrons. The normalized spacial score (nSPS) is 14.0. The molecule has 0 amide bonds. The van der Waals surface area contributed by atoms with E-state index in [2.05, 4.69) is 31.1 Å². The molecule has 21 heavy (non-hydrogen) atoms. The lowest BCUT2D eigenvalue weighted by Crippen LogP contribution is -2.23. The van der Waals surface area contributed by atoms with E-state index in [9.17, 15) is 5.11 Å². The molecule has 1 N–H and O–H groups in total. The number of hydrogen-bond donors (Lipinski definition) is 1. The van der Waals surface area contributed by atoms with Crippen molar-refractivity contribution in [2.24, 2.45) is 5.92 Å². The van der Waals surface area contributed by atoms with Crippen LogP contribution in [0.25, 0.3) is 0 Å². The molecule has 2 atom stereocenters. The van der Waals surface area contributed by atoms with E-state index in [0.29, 0.717) is 13.2 Å². The van der Waals surface area contributed by atoms with Crippen LogP contribution in [-0.4, -0.2) is 33.0 Å². The maximum absolute atomic E-state index is 10.00. The minimum Gasteiger partial charge on any atom is -0.497 e. The number of ether oxygens (including phenoxy) is 2. The summed E-state index contributed by atoms with van der Waals surface area (Å²) in [5.41, 5.74) is 4.28. The lowest BCUT2D eigenvalue weighted by Gasteiger charge is -2.15. The van der Waals surface area contributed by atoms with Gasteiger partial charge in [-0.25, -0.2) is 0 Å². The number of aliphatic hydroxyl groups excluding tert-OH is 1. The molecule has 4 heteroatoms. The van der Waals surface area contributed by atoms with Crippen molar-refractivity contribution >= 4 is 8.07 Å². The predicted molar refractivity (Wildman–Crippen MR) is 88.9 cm³/mol. The van der Waals surface area contributed by atoms with Crippen molar-refractivity contribution in [2.75, 3.05) is 13.7 Å². The number of methoxy groups -OCH3 is 1. The van der Waals surface area contributed by atoms with Crippen molar-refractivity contribution in [3.8, 4) is 17.2 Å². The molecule has 0 aromatic heterocycles. The summed E-state index contributed by atoms with van der Waals surface area (Å²) < 4.78 is 10.8. The van der Waals surface area contributed by atoms with Gasteiger partial charge in [0.25, 0.3) is 0 Å². The zero-order valence-corrected chi connectivity index (χ0v) is 14.6. The van der Waals surface area contributed by atoms with Crippen LogP contribution in [0.4, 0.5) is 0 Å². The second-order valence-corrected chi connectivity index (χ2v) is 11.1. The predicted octanol–water partition coefficient (Wildman–Crippen LogP) is 3.09. The Labute approximate surface area is 129 Å². The van der Waals surface area contributed by atoms with E-state index in [1.165, 1.54) is 0 Å². The molecule has 0 aliphatic heterocycles. The van der Waals surface area contributed by atoms with E-state index in [4.69, 9.17) is 9.47 Å². The summed E-state index contributed by atoms with van der Waals surface area (Å²) in [6.45, 7) is 9.47. The third-order valence-electron chi connectivity index (χ3n) is 2.94. The molecule has 0 fully saturated rings. The van der Waals surface area contributed by atoms with Gasteiger partial charge in [0.05, 0.1) is 20.3 Å². The van der Waals surface area contributed by atoms with Crippen LogP contribution in [0.3, 0.4) is 0 Å². The maximum atomic E-state index is 10.00. The largest absolute Gasteiger partial charge is 0.497 e. The molecule has 1 rings (SSSR count). The van der Waals surface area contributed by atoms with Gasteiger partial charge in [0.15, 0.2) is 0 Å². The Balaban J connectivity index is 2.38. The summed E-state index contributed by atoms with van der Waals surface area (Å²) in [6, 6.07) is 7.78. The summed E-state index contributed by atoms with van der Waals surface area (Å²) in [7, 11) is 0.216. The van der Waals surface area contributed by atoms with Gasteiger partial charge in [-0.2, -0.15) is 0 Å². The van der Waals surface area contributed by atoms with Crippen LogP contribution in [0.15, 0.2) is 24.3 Å². The summed E-state index contributed by atoms with van der Waals surface area (Å²) >= 11 is 0. The monoisotopic (exact) mass is 306 g/mol. The molecule has 0 spiro atoms. The molecule has 1 aromatic rings. The van der Waals surface area contributed by atoms with Crippen LogP contribution in [-0.2, 0) is 11.3 Å². The Morgan fingerprint density at radius 3 is 2.33 bits per heavy atom. The molecule has 0 aliphatic rings. The van der Waals surface area contributed by atoms with Crippen molar-refractivity contribution in [2.45, 2.75) is 39.3 Å². The van der Waals surface area contributed by atoms with Crippen LogP contribution in [0, 0.1) is 17.4 Å². The summed E-state index contributed by atoms with van der Waals surface area (Å²) in [5.74, 6) is 3.80. The average Bonchev–Trinajstić information content (AvgIpc) is 2.44. The Morgan fingerprint density at radius 1 is 1.19 bits per heavy atom. The molecule has 0 aliphatic carbocycles. The van der Waals surface area contributed by atoms with Gasteiger partial charge in [-0.3, -0.25) is 0 Å². The highest BCUT2D eigenvalue weighted by Gasteiger charge is 2.14. The zero-order valence-electron chi connectivity index (χ0n) is 13.6. The third-order valence-corrected chi connectivity index (χ3v) is 3.84. The van der Waals surface area contributed by atoms with Crippen LogP contribution in [0.2, 0.25) is 19.6 Å².